The van der Waals surface area contributed by atoms with Gasteiger partial charge in [0.2, 0.25) is 0 Å². The van der Waals surface area contributed by atoms with Crippen LogP contribution in [0.4, 0.5) is 5.82 Å². The minimum Gasteiger partial charge on any atom is -0.370 e. The van der Waals surface area contributed by atoms with E-state index in [1.165, 1.54) is 5.56 Å². The molecule has 2 aromatic rings. The fourth-order valence-electron chi connectivity index (χ4n) is 1.88. The molecule has 0 unspecified atom stereocenters. The number of nitrogens with one attached hydrogen (secondary N) is 1. The number of nitrogens with zero attached hydrogens (tertiary/aromatic N) is 2. The van der Waals surface area contributed by atoms with Crippen molar-refractivity contribution in [1.29, 1.82) is 0 Å². The van der Waals surface area contributed by atoms with Crippen LogP contribution in [-0.2, 0) is 0 Å². The van der Waals surface area contributed by atoms with Crippen LogP contribution in [-0.4, -0.2) is 16.5 Å². The lowest BCUT2D eigenvalue weighted by atomic mass is 10.1. The first-order valence-electron chi connectivity index (χ1n) is 5.85. The number of aryl methyl sites for hydroxylation is 1. The van der Waals surface area contributed by atoms with E-state index < -0.39 is 0 Å². The maximum atomic E-state index is 4.38. The van der Waals surface area contributed by atoms with E-state index in [2.05, 4.69) is 60.3 Å². The quantitative estimate of drug-likeness (QED) is 0.875. The molecule has 0 atom stereocenters. The van der Waals surface area contributed by atoms with Gasteiger partial charge < -0.3 is 5.32 Å². The van der Waals surface area contributed by atoms with Crippen LogP contribution in [0.15, 0.2) is 30.6 Å². The standard InChI is InChI=1S/C14H17N3/c1-4-15-14-11(3)13(16-9-17-14)12-7-5-6-10(2)8-12/h5-9H,4H2,1-3H3,(H,15,16,17). The molecule has 1 aromatic heterocycles. The molecular weight excluding hydrogens is 210 g/mol. The molecule has 0 bridgehead atoms. The Balaban J connectivity index is 2.49. The van der Waals surface area contributed by atoms with Crippen LogP contribution in [0.5, 0.6) is 0 Å². The molecule has 2 rings (SSSR count). The first-order valence-corrected chi connectivity index (χ1v) is 5.85. The van der Waals surface area contributed by atoms with Gasteiger partial charge in [-0.15, -0.1) is 0 Å². The summed E-state index contributed by atoms with van der Waals surface area (Å²) < 4.78 is 0. The number of rotatable bonds is 3. The van der Waals surface area contributed by atoms with Gasteiger partial charge in [-0.2, -0.15) is 0 Å². The zero-order valence-electron chi connectivity index (χ0n) is 10.5. The van der Waals surface area contributed by atoms with E-state index in [9.17, 15) is 0 Å². The third-order valence-corrected chi connectivity index (χ3v) is 2.72. The van der Waals surface area contributed by atoms with Gasteiger partial charge in [-0.1, -0.05) is 23.8 Å². The summed E-state index contributed by atoms with van der Waals surface area (Å²) >= 11 is 0. The number of hydrogen-bond donors (Lipinski definition) is 1. The van der Waals surface area contributed by atoms with Crippen LogP contribution in [0.3, 0.4) is 0 Å². The van der Waals surface area contributed by atoms with Gasteiger partial charge in [-0.25, -0.2) is 9.97 Å². The lowest BCUT2D eigenvalue weighted by Crippen LogP contribution is -2.03. The molecule has 3 heteroatoms. The molecule has 17 heavy (non-hydrogen) atoms. The molecule has 1 aromatic carbocycles. The fourth-order valence-corrected chi connectivity index (χ4v) is 1.88. The van der Waals surface area contributed by atoms with Gasteiger partial charge in [0.1, 0.15) is 12.1 Å². The first kappa shape index (κ1) is 11.6. The van der Waals surface area contributed by atoms with Gasteiger partial charge in [0.05, 0.1) is 5.69 Å². The monoisotopic (exact) mass is 227 g/mol. The van der Waals surface area contributed by atoms with Crippen molar-refractivity contribution in [2.45, 2.75) is 20.8 Å². The average Bonchev–Trinajstić information content (AvgIpc) is 2.32. The van der Waals surface area contributed by atoms with Crippen molar-refractivity contribution in [1.82, 2.24) is 9.97 Å². The van der Waals surface area contributed by atoms with E-state index in [0.29, 0.717) is 0 Å². The molecule has 3 nitrogen and oxygen atoms in total. The highest BCUT2D eigenvalue weighted by Gasteiger charge is 2.08. The van der Waals surface area contributed by atoms with Crippen molar-refractivity contribution in [3.05, 3.63) is 41.7 Å². The fraction of sp³-hybridized carbons (Fsp3) is 0.286. The zero-order valence-corrected chi connectivity index (χ0v) is 10.5. The lowest BCUT2D eigenvalue weighted by molar-refractivity contribution is 1.09. The molecule has 0 aliphatic carbocycles. The van der Waals surface area contributed by atoms with Gasteiger partial charge in [-0.3, -0.25) is 0 Å². The molecule has 0 amide bonds. The minimum atomic E-state index is 0.866. The molecule has 0 saturated heterocycles. The van der Waals surface area contributed by atoms with E-state index in [4.69, 9.17) is 0 Å². The smallest absolute Gasteiger partial charge is 0.132 e. The Labute approximate surface area is 102 Å². The van der Waals surface area contributed by atoms with Crippen LogP contribution in [0.1, 0.15) is 18.1 Å². The third kappa shape index (κ3) is 2.44. The summed E-state index contributed by atoms with van der Waals surface area (Å²) in [6.45, 7) is 7.07. The molecule has 0 aliphatic rings. The minimum absolute atomic E-state index is 0.866. The topological polar surface area (TPSA) is 37.8 Å². The Morgan fingerprint density at radius 3 is 2.71 bits per heavy atom. The number of benzene rings is 1. The normalized spacial score (nSPS) is 10.3. The second kappa shape index (κ2) is 4.95. The molecule has 0 spiro atoms. The summed E-state index contributed by atoms with van der Waals surface area (Å²) in [5, 5.41) is 3.25. The SMILES string of the molecule is CCNc1ncnc(-c2cccc(C)c2)c1C. The van der Waals surface area contributed by atoms with Crippen LogP contribution >= 0.6 is 0 Å². The molecule has 0 aliphatic heterocycles. The van der Waals surface area contributed by atoms with Crippen molar-refractivity contribution < 1.29 is 0 Å². The molecule has 88 valence electrons. The third-order valence-electron chi connectivity index (χ3n) is 2.72. The molecular formula is C14H17N3. The highest BCUT2D eigenvalue weighted by atomic mass is 15.0. The number of hydrogen-bond acceptors (Lipinski definition) is 3. The average molecular weight is 227 g/mol. The summed E-state index contributed by atoms with van der Waals surface area (Å²) in [6, 6.07) is 8.37. The van der Waals surface area contributed by atoms with Crippen molar-refractivity contribution in [2.75, 3.05) is 11.9 Å². The predicted octanol–water partition coefficient (Wildman–Crippen LogP) is 3.19. The van der Waals surface area contributed by atoms with Crippen molar-refractivity contribution in [3.8, 4) is 11.3 Å². The molecule has 1 heterocycles. The summed E-state index contributed by atoms with van der Waals surface area (Å²) in [5.41, 5.74) is 4.48. The number of aromatic nitrogens is 2. The van der Waals surface area contributed by atoms with Crippen molar-refractivity contribution in [2.24, 2.45) is 0 Å². The summed E-state index contributed by atoms with van der Waals surface area (Å²) in [4.78, 5) is 8.64. The van der Waals surface area contributed by atoms with Crippen LogP contribution in [0.2, 0.25) is 0 Å². The first-order chi connectivity index (χ1) is 8.22. The highest BCUT2D eigenvalue weighted by molar-refractivity contribution is 5.68. The summed E-state index contributed by atoms with van der Waals surface area (Å²) in [6.07, 6.45) is 1.61. The summed E-state index contributed by atoms with van der Waals surface area (Å²) in [7, 11) is 0. The Bertz CT molecular complexity index is 521. The highest BCUT2D eigenvalue weighted by Crippen LogP contribution is 2.25. The molecule has 1 N–H and O–H groups in total. The van der Waals surface area contributed by atoms with Gasteiger partial charge in [0, 0.05) is 17.7 Å². The van der Waals surface area contributed by atoms with Crippen molar-refractivity contribution in [3.63, 3.8) is 0 Å². The molecule has 0 fully saturated rings. The maximum absolute atomic E-state index is 4.38. The Morgan fingerprint density at radius 1 is 1.18 bits per heavy atom. The van der Waals surface area contributed by atoms with E-state index >= 15 is 0 Å². The second-order valence-corrected chi connectivity index (χ2v) is 4.10. The Morgan fingerprint density at radius 2 is 2.00 bits per heavy atom. The predicted molar refractivity (Wildman–Crippen MR) is 71.1 cm³/mol. The van der Waals surface area contributed by atoms with Crippen LogP contribution < -0.4 is 5.32 Å². The second-order valence-electron chi connectivity index (χ2n) is 4.10. The zero-order chi connectivity index (χ0) is 12.3. The van der Waals surface area contributed by atoms with Crippen LogP contribution in [0, 0.1) is 13.8 Å². The van der Waals surface area contributed by atoms with Gasteiger partial charge in [-0.05, 0) is 26.8 Å². The van der Waals surface area contributed by atoms with E-state index in [-0.39, 0.29) is 0 Å². The van der Waals surface area contributed by atoms with Gasteiger partial charge in [0.25, 0.3) is 0 Å². The lowest BCUT2D eigenvalue weighted by Gasteiger charge is -2.10. The van der Waals surface area contributed by atoms with Gasteiger partial charge >= 0.3 is 0 Å². The largest absolute Gasteiger partial charge is 0.370 e. The Kier molecular flexibility index (Phi) is 3.38. The van der Waals surface area contributed by atoms with E-state index in [1.54, 1.807) is 6.33 Å². The van der Waals surface area contributed by atoms with Gasteiger partial charge in [0.15, 0.2) is 0 Å². The Hall–Kier alpha value is -1.90. The van der Waals surface area contributed by atoms with Crippen molar-refractivity contribution >= 4 is 5.82 Å². The molecule has 0 saturated carbocycles. The molecule has 0 radical (unpaired) electrons. The number of anilines is 1. The maximum Gasteiger partial charge on any atom is 0.132 e. The van der Waals surface area contributed by atoms with E-state index in [1.807, 2.05) is 0 Å². The summed E-state index contributed by atoms with van der Waals surface area (Å²) in [5.74, 6) is 0.916. The van der Waals surface area contributed by atoms with E-state index in [0.717, 1.165) is 29.2 Å². The van der Waals surface area contributed by atoms with Crippen LogP contribution in [0.25, 0.3) is 11.3 Å².